The number of nitrogens with one attached hydrogen (secondary N) is 1. The van der Waals surface area contributed by atoms with Gasteiger partial charge >= 0.3 is 0 Å². The van der Waals surface area contributed by atoms with Crippen molar-refractivity contribution in [1.29, 1.82) is 0 Å². The summed E-state index contributed by atoms with van der Waals surface area (Å²) in [6.45, 7) is 0.343. The van der Waals surface area contributed by atoms with Crippen molar-refractivity contribution in [2.24, 2.45) is 0 Å². The lowest BCUT2D eigenvalue weighted by Gasteiger charge is -2.14. The Morgan fingerprint density at radius 3 is 2.26 bits per heavy atom. The second-order valence-electron chi connectivity index (χ2n) is 5.50. The zero-order valence-electron chi connectivity index (χ0n) is 15.6. The Balaban J connectivity index is 1.75. The predicted molar refractivity (Wildman–Crippen MR) is 99.7 cm³/mol. The van der Waals surface area contributed by atoms with Crippen molar-refractivity contribution < 1.29 is 23.4 Å². The molecule has 0 aliphatic carbocycles. The van der Waals surface area contributed by atoms with Gasteiger partial charge < -0.3 is 28.7 Å². The maximum absolute atomic E-state index is 5.72. The number of aromatic nitrogens is 2. The average Bonchev–Trinajstić information content (AvgIpc) is 3.20. The van der Waals surface area contributed by atoms with E-state index in [0.717, 1.165) is 17.0 Å². The average molecular weight is 371 g/mol. The first-order valence-electron chi connectivity index (χ1n) is 8.19. The highest BCUT2D eigenvalue weighted by Gasteiger charge is 2.14. The highest BCUT2D eigenvalue weighted by atomic mass is 16.5. The van der Waals surface area contributed by atoms with Gasteiger partial charge in [-0.2, -0.15) is 0 Å². The van der Waals surface area contributed by atoms with Crippen LogP contribution < -0.4 is 24.3 Å². The molecule has 1 heterocycles. The summed E-state index contributed by atoms with van der Waals surface area (Å²) >= 11 is 0. The Hall–Kier alpha value is -3.42. The van der Waals surface area contributed by atoms with Crippen LogP contribution in [0.5, 0.6) is 23.0 Å². The minimum atomic E-state index is 0.343. The fourth-order valence-corrected chi connectivity index (χ4v) is 2.56. The number of methoxy groups -OCH3 is 4. The van der Waals surface area contributed by atoms with E-state index < -0.39 is 0 Å². The van der Waals surface area contributed by atoms with Crippen molar-refractivity contribution in [3.8, 4) is 34.5 Å². The largest absolute Gasteiger partial charge is 0.497 e. The van der Waals surface area contributed by atoms with Crippen LogP contribution in [0.25, 0.3) is 11.5 Å². The molecule has 0 radical (unpaired) electrons. The van der Waals surface area contributed by atoms with Gasteiger partial charge in [0, 0.05) is 23.4 Å². The highest BCUT2D eigenvalue weighted by Crippen LogP contribution is 2.40. The van der Waals surface area contributed by atoms with Crippen LogP contribution in [0.2, 0.25) is 0 Å². The smallest absolute Gasteiger partial charge is 0.247 e. The number of benzene rings is 2. The lowest BCUT2D eigenvalue weighted by molar-refractivity contribution is 0.324. The van der Waals surface area contributed by atoms with Gasteiger partial charge in [0.1, 0.15) is 5.75 Å². The Kier molecular flexibility index (Phi) is 5.65. The molecule has 27 heavy (non-hydrogen) atoms. The van der Waals surface area contributed by atoms with E-state index in [1.807, 2.05) is 24.3 Å². The molecule has 2 aromatic carbocycles. The van der Waals surface area contributed by atoms with Crippen LogP contribution in [-0.4, -0.2) is 38.6 Å². The van der Waals surface area contributed by atoms with Gasteiger partial charge in [-0.05, 0) is 18.2 Å². The van der Waals surface area contributed by atoms with Crippen LogP contribution >= 0.6 is 0 Å². The summed E-state index contributed by atoms with van der Waals surface area (Å²) in [4.78, 5) is 0. The van der Waals surface area contributed by atoms with Crippen molar-refractivity contribution >= 4 is 5.69 Å². The Morgan fingerprint density at radius 1 is 0.889 bits per heavy atom. The lowest BCUT2D eigenvalue weighted by Crippen LogP contribution is -2.02. The first-order chi connectivity index (χ1) is 13.2. The summed E-state index contributed by atoms with van der Waals surface area (Å²) in [6, 6.07) is 11.1. The zero-order chi connectivity index (χ0) is 19.2. The lowest BCUT2D eigenvalue weighted by atomic mass is 10.2. The first kappa shape index (κ1) is 18.4. The fraction of sp³-hybridized carbons (Fsp3) is 0.263. The molecule has 0 atom stereocenters. The molecular weight excluding hydrogens is 350 g/mol. The minimum absolute atomic E-state index is 0.343. The summed E-state index contributed by atoms with van der Waals surface area (Å²) in [7, 11) is 6.31. The normalized spacial score (nSPS) is 10.4. The quantitative estimate of drug-likeness (QED) is 0.645. The monoisotopic (exact) mass is 371 g/mol. The summed E-state index contributed by atoms with van der Waals surface area (Å²) in [6.07, 6.45) is 0. The molecule has 0 amide bonds. The topological polar surface area (TPSA) is 87.9 Å². The van der Waals surface area contributed by atoms with Crippen molar-refractivity contribution in [3.05, 3.63) is 42.3 Å². The van der Waals surface area contributed by atoms with E-state index in [1.54, 1.807) is 40.6 Å². The number of anilines is 1. The van der Waals surface area contributed by atoms with E-state index in [-0.39, 0.29) is 0 Å². The van der Waals surface area contributed by atoms with Gasteiger partial charge in [0.25, 0.3) is 0 Å². The van der Waals surface area contributed by atoms with E-state index in [4.69, 9.17) is 23.4 Å². The Bertz CT molecular complexity index is 885. The van der Waals surface area contributed by atoms with E-state index in [0.29, 0.717) is 35.6 Å². The van der Waals surface area contributed by atoms with Crippen LogP contribution in [0, 0.1) is 0 Å². The molecule has 8 nitrogen and oxygen atoms in total. The molecule has 0 saturated carbocycles. The zero-order valence-corrected chi connectivity index (χ0v) is 15.6. The number of nitrogens with zero attached hydrogens (tertiary/aromatic N) is 2. The van der Waals surface area contributed by atoms with Crippen molar-refractivity contribution in [1.82, 2.24) is 10.2 Å². The summed E-state index contributed by atoms with van der Waals surface area (Å²) in [5.41, 5.74) is 1.56. The number of ether oxygens (including phenoxy) is 4. The van der Waals surface area contributed by atoms with Gasteiger partial charge in [0.2, 0.25) is 17.5 Å². The second kappa shape index (κ2) is 8.31. The standard InChI is InChI=1S/C19H21N3O5/c1-23-14-7-5-6-12(8-14)19-22-21-17(27-19)11-20-13-9-15(24-2)18(26-4)16(10-13)25-3/h5-10,20H,11H2,1-4H3. The van der Waals surface area contributed by atoms with Crippen LogP contribution in [0.3, 0.4) is 0 Å². The molecule has 0 saturated heterocycles. The molecule has 8 heteroatoms. The van der Waals surface area contributed by atoms with Gasteiger partial charge in [-0.15, -0.1) is 10.2 Å². The molecule has 3 rings (SSSR count). The molecule has 3 aromatic rings. The van der Waals surface area contributed by atoms with E-state index >= 15 is 0 Å². The van der Waals surface area contributed by atoms with Crippen molar-refractivity contribution in [2.75, 3.05) is 33.8 Å². The van der Waals surface area contributed by atoms with Gasteiger partial charge in [0.05, 0.1) is 35.0 Å². The molecule has 1 aromatic heterocycles. The molecule has 0 unspecified atom stereocenters. The van der Waals surface area contributed by atoms with Crippen LogP contribution in [0.1, 0.15) is 5.89 Å². The minimum Gasteiger partial charge on any atom is -0.497 e. The van der Waals surface area contributed by atoms with Crippen molar-refractivity contribution in [2.45, 2.75) is 6.54 Å². The van der Waals surface area contributed by atoms with Gasteiger partial charge in [-0.25, -0.2) is 0 Å². The van der Waals surface area contributed by atoms with Crippen LogP contribution in [0.4, 0.5) is 5.69 Å². The summed E-state index contributed by atoms with van der Waals surface area (Å²) < 4.78 is 26.9. The maximum Gasteiger partial charge on any atom is 0.247 e. The summed E-state index contributed by atoms with van der Waals surface area (Å²) in [5.74, 6) is 3.24. The molecule has 0 aliphatic rings. The molecule has 0 spiro atoms. The molecule has 0 aliphatic heterocycles. The SMILES string of the molecule is COc1cccc(-c2nnc(CNc3cc(OC)c(OC)c(OC)c3)o2)c1. The molecule has 0 fully saturated rings. The van der Waals surface area contributed by atoms with Gasteiger partial charge in [0.15, 0.2) is 11.5 Å². The van der Waals surface area contributed by atoms with E-state index in [2.05, 4.69) is 15.5 Å². The van der Waals surface area contributed by atoms with E-state index in [9.17, 15) is 0 Å². The number of hydrogen-bond acceptors (Lipinski definition) is 8. The summed E-state index contributed by atoms with van der Waals surface area (Å²) in [5, 5.41) is 11.4. The fourth-order valence-electron chi connectivity index (χ4n) is 2.56. The highest BCUT2D eigenvalue weighted by molar-refractivity contribution is 5.62. The molecule has 1 N–H and O–H groups in total. The Labute approximate surface area is 157 Å². The number of hydrogen-bond donors (Lipinski definition) is 1. The number of rotatable bonds is 8. The maximum atomic E-state index is 5.72. The molecular formula is C19H21N3O5. The Morgan fingerprint density at radius 2 is 1.63 bits per heavy atom. The van der Waals surface area contributed by atoms with Gasteiger partial charge in [-0.3, -0.25) is 0 Å². The predicted octanol–water partition coefficient (Wildman–Crippen LogP) is 3.38. The molecule has 142 valence electrons. The second-order valence-corrected chi connectivity index (χ2v) is 5.50. The third-order valence-electron chi connectivity index (χ3n) is 3.89. The molecule has 0 bridgehead atoms. The van der Waals surface area contributed by atoms with Crippen LogP contribution in [-0.2, 0) is 6.54 Å². The van der Waals surface area contributed by atoms with Gasteiger partial charge in [-0.1, -0.05) is 6.07 Å². The third kappa shape index (κ3) is 4.05. The van der Waals surface area contributed by atoms with Crippen molar-refractivity contribution in [3.63, 3.8) is 0 Å². The third-order valence-corrected chi connectivity index (χ3v) is 3.89. The van der Waals surface area contributed by atoms with E-state index in [1.165, 1.54) is 0 Å². The van der Waals surface area contributed by atoms with Crippen LogP contribution in [0.15, 0.2) is 40.8 Å². The first-order valence-corrected chi connectivity index (χ1v) is 8.19.